The number of fused-ring (bicyclic) bond motifs is 1. The van der Waals surface area contributed by atoms with Crippen LogP contribution >= 0.6 is 0 Å². The molecule has 1 aromatic carbocycles. The number of para-hydroxylation sites is 1. The van der Waals surface area contributed by atoms with E-state index in [1.807, 2.05) is 0 Å². The van der Waals surface area contributed by atoms with Crippen molar-refractivity contribution in [1.82, 2.24) is 9.78 Å². The molecule has 7 heteroatoms. The van der Waals surface area contributed by atoms with Gasteiger partial charge in [-0.2, -0.15) is 9.78 Å². The number of carbonyl (C=O) groups is 1. The third kappa shape index (κ3) is 2.77. The first-order valence-corrected chi connectivity index (χ1v) is 5.87. The highest BCUT2D eigenvalue weighted by Gasteiger charge is 2.25. The van der Waals surface area contributed by atoms with Crippen LogP contribution in [0.1, 0.15) is 20.8 Å². The van der Waals surface area contributed by atoms with Crippen LogP contribution in [-0.2, 0) is 4.74 Å². The lowest BCUT2D eigenvalue weighted by molar-refractivity contribution is 0.0523. The van der Waals surface area contributed by atoms with Gasteiger partial charge in [0, 0.05) is 5.39 Å². The number of nitrogens with zero attached hydrogens (tertiary/aromatic N) is 2. The first-order chi connectivity index (χ1) is 8.79. The molecule has 0 bridgehead atoms. The van der Waals surface area contributed by atoms with E-state index in [0.717, 1.165) is 4.68 Å². The molecule has 19 heavy (non-hydrogen) atoms. The zero-order valence-corrected chi connectivity index (χ0v) is 11.0. The Labute approximate surface area is 110 Å². The molecular formula is C12H15BN2O4. The average Bonchev–Trinajstić information content (AvgIpc) is 2.66. The predicted molar refractivity (Wildman–Crippen MR) is 71.2 cm³/mol. The number of ether oxygens (including phenoxy) is 1. The molecule has 0 saturated carbocycles. The average molecular weight is 262 g/mol. The summed E-state index contributed by atoms with van der Waals surface area (Å²) in [5, 5.41) is 23.0. The molecule has 0 aliphatic carbocycles. The molecule has 0 atom stereocenters. The summed E-state index contributed by atoms with van der Waals surface area (Å²) in [6.07, 6.45) is -0.657. The van der Waals surface area contributed by atoms with Gasteiger partial charge in [-0.15, -0.1) is 0 Å². The molecule has 100 valence electrons. The summed E-state index contributed by atoms with van der Waals surface area (Å²) < 4.78 is 6.26. The Balaban J connectivity index is 2.52. The van der Waals surface area contributed by atoms with Crippen molar-refractivity contribution in [1.29, 1.82) is 0 Å². The number of rotatable bonds is 1. The van der Waals surface area contributed by atoms with E-state index in [-0.39, 0.29) is 5.59 Å². The molecule has 2 aromatic rings. The van der Waals surface area contributed by atoms with E-state index in [0.29, 0.717) is 10.9 Å². The molecule has 0 radical (unpaired) electrons. The highest BCUT2D eigenvalue weighted by atomic mass is 16.6. The van der Waals surface area contributed by atoms with Crippen molar-refractivity contribution in [3.05, 3.63) is 24.3 Å². The minimum Gasteiger partial charge on any atom is -0.442 e. The molecular weight excluding hydrogens is 247 g/mol. The summed E-state index contributed by atoms with van der Waals surface area (Å²) in [6, 6.07) is 6.80. The van der Waals surface area contributed by atoms with Crippen molar-refractivity contribution in [3.63, 3.8) is 0 Å². The van der Waals surface area contributed by atoms with E-state index in [1.54, 1.807) is 45.0 Å². The summed E-state index contributed by atoms with van der Waals surface area (Å²) in [7, 11) is -1.74. The van der Waals surface area contributed by atoms with Crippen LogP contribution in [0.2, 0.25) is 0 Å². The summed E-state index contributed by atoms with van der Waals surface area (Å²) in [4.78, 5) is 12.0. The SMILES string of the molecule is CC(C)(C)OC(=O)n1nc(B(O)O)c2ccccc21. The highest BCUT2D eigenvalue weighted by molar-refractivity contribution is 6.60. The number of hydrogen-bond donors (Lipinski definition) is 2. The lowest BCUT2D eigenvalue weighted by Crippen LogP contribution is -2.34. The van der Waals surface area contributed by atoms with Crippen molar-refractivity contribution in [2.24, 2.45) is 0 Å². The normalized spacial score (nSPS) is 11.6. The van der Waals surface area contributed by atoms with Gasteiger partial charge in [0.1, 0.15) is 11.2 Å². The van der Waals surface area contributed by atoms with Gasteiger partial charge in [-0.3, -0.25) is 0 Å². The van der Waals surface area contributed by atoms with E-state index < -0.39 is 18.8 Å². The molecule has 0 aliphatic rings. The molecule has 0 unspecified atom stereocenters. The van der Waals surface area contributed by atoms with E-state index in [4.69, 9.17) is 4.74 Å². The summed E-state index contributed by atoms with van der Waals surface area (Å²) in [6.45, 7) is 5.25. The maximum absolute atomic E-state index is 12.0. The third-order valence-electron chi connectivity index (χ3n) is 2.43. The second-order valence-corrected chi connectivity index (χ2v) is 5.17. The van der Waals surface area contributed by atoms with Crippen LogP contribution in [0.25, 0.3) is 10.9 Å². The van der Waals surface area contributed by atoms with Crippen LogP contribution in [0.4, 0.5) is 4.79 Å². The van der Waals surface area contributed by atoms with E-state index in [1.165, 1.54) is 0 Å². The Hall–Kier alpha value is -1.86. The van der Waals surface area contributed by atoms with E-state index >= 15 is 0 Å². The molecule has 0 spiro atoms. The smallest absolute Gasteiger partial charge is 0.442 e. The second kappa shape index (κ2) is 4.67. The minimum atomic E-state index is -1.74. The van der Waals surface area contributed by atoms with Gasteiger partial charge in [0.15, 0.2) is 0 Å². The fourth-order valence-electron chi connectivity index (χ4n) is 1.73. The quantitative estimate of drug-likeness (QED) is 0.731. The molecule has 0 saturated heterocycles. The topological polar surface area (TPSA) is 84.6 Å². The van der Waals surface area contributed by atoms with Gasteiger partial charge in [0.2, 0.25) is 0 Å². The second-order valence-electron chi connectivity index (χ2n) is 5.17. The van der Waals surface area contributed by atoms with Crippen LogP contribution in [0.5, 0.6) is 0 Å². The summed E-state index contributed by atoms with van der Waals surface area (Å²) in [5.74, 6) is 0. The maximum Gasteiger partial charge on any atom is 0.510 e. The molecule has 0 aliphatic heterocycles. The predicted octanol–water partition coefficient (Wildman–Crippen LogP) is 0.499. The molecule has 0 amide bonds. The monoisotopic (exact) mass is 262 g/mol. The van der Waals surface area contributed by atoms with Crippen molar-refractivity contribution in [2.45, 2.75) is 26.4 Å². The van der Waals surface area contributed by atoms with Crippen LogP contribution in [0.15, 0.2) is 24.3 Å². The zero-order chi connectivity index (χ0) is 14.2. The fraction of sp³-hybridized carbons (Fsp3) is 0.333. The Morgan fingerprint density at radius 1 is 1.32 bits per heavy atom. The Kier molecular flexibility index (Phi) is 3.34. The first-order valence-electron chi connectivity index (χ1n) is 5.87. The maximum atomic E-state index is 12.0. The fourth-order valence-corrected chi connectivity index (χ4v) is 1.73. The van der Waals surface area contributed by atoms with E-state index in [9.17, 15) is 14.8 Å². The van der Waals surface area contributed by atoms with Crippen molar-refractivity contribution < 1.29 is 19.6 Å². The summed E-state index contributed by atoms with van der Waals surface area (Å²) >= 11 is 0. The van der Waals surface area contributed by atoms with Gasteiger partial charge in [-0.25, -0.2) is 4.79 Å². The van der Waals surface area contributed by atoms with Gasteiger partial charge in [-0.05, 0) is 26.8 Å². The van der Waals surface area contributed by atoms with Crippen molar-refractivity contribution >= 4 is 29.7 Å². The van der Waals surface area contributed by atoms with Gasteiger partial charge < -0.3 is 14.8 Å². The number of aromatic nitrogens is 2. The molecule has 2 N–H and O–H groups in total. The Morgan fingerprint density at radius 3 is 2.53 bits per heavy atom. The Morgan fingerprint density at radius 2 is 1.95 bits per heavy atom. The third-order valence-corrected chi connectivity index (χ3v) is 2.43. The van der Waals surface area contributed by atoms with E-state index in [2.05, 4.69) is 5.10 Å². The first kappa shape index (κ1) is 13.6. The number of carbonyl (C=O) groups excluding carboxylic acids is 1. The lowest BCUT2D eigenvalue weighted by atomic mass is 9.84. The number of hydrogen-bond acceptors (Lipinski definition) is 5. The summed E-state index contributed by atoms with van der Waals surface area (Å²) in [5.41, 5.74) is -0.149. The van der Waals surface area contributed by atoms with Gasteiger partial charge in [0.05, 0.1) is 5.52 Å². The van der Waals surface area contributed by atoms with Crippen LogP contribution in [0, 0.1) is 0 Å². The number of benzene rings is 1. The van der Waals surface area contributed by atoms with Gasteiger partial charge in [-0.1, -0.05) is 18.2 Å². The van der Waals surface area contributed by atoms with Crippen LogP contribution < -0.4 is 5.59 Å². The largest absolute Gasteiger partial charge is 0.510 e. The molecule has 6 nitrogen and oxygen atoms in total. The zero-order valence-electron chi connectivity index (χ0n) is 11.0. The van der Waals surface area contributed by atoms with Crippen LogP contribution in [-0.4, -0.2) is 38.6 Å². The van der Waals surface area contributed by atoms with Gasteiger partial charge in [0.25, 0.3) is 0 Å². The Bertz CT molecular complexity index is 616. The molecule has 1 heterocycles. The lowest BCUT2D eigenvalue weighted by Gasteiger charge is -2.19. The molecule has 0 fully saturated rings. The van der Waals surface area contributed by atoms with Crippen LogP contribution in [0.3, 0.4) is 0 Å². The van der Waals surface area contributed by atoms with Crippen molar-refractivity contribution in [2.75, 3.05) is 0 Å². The molecule has 2 rings (SSSR count). The standard InChI is InChI=1S/C12H15BN2O4/c1-12(2,3)19-11(16)15-9-7-5-4-6-8(9)10(14-15)13(17)18/h4-7,17-18H,1-3H3. The highest BCUT2D eigenvalue weighted by Crippen LogP contribution is 2.14. The minimum absolute atomic E-state index is 0.0291. The van der Waals surface area contributed by atoms with Gasteiger partial charge >= 0.3 is 13.2 Å². The molecule has 1 aromatic heterocycles. The van der Waals surface area contributed by atoms with Crippen molar-refractivity contribution in [3.8, 4) is 0 Å².